The first kappa shape index (κ1) is 13.5. The number of aryl methyl sites for hydroxylation is 2. The van der Waals surface area contributed by atoms with Gasteiger partial charge in [-0.05, 0) is 55.3 Å². The summed E-state index contributed by atoms with van der Waals surface area (Å²) in [5.74, 6) is 1.28. The number of benzene rings is 2. The first-order valence-electron chi connectivity index (χ1n) is 5.37. The van der Waals surface area contributed by atoms with Gasteiger partial charge in [-0.15, -0.1) is 0 Å². The fraction of sp³-hybridized carbons (Fsp3) is 0.143. The maximum Gasteiger partial charge on any atom is 0.146 e. The van der Waals surface area contributed by atoms with Crippen molar-refractivity contribution in [1.82, 2.24) is 0 Å². The molecule has 0 atom stereocenters. The summed E-state index contributed by atoms with van der Waals surface area (Å²) in [5.41, 5.74) is 1.87. The third kappa shape index (κ3) is 2.92. The van der Waals surface area contributed by atoms with E-state index in [9.17, 15) is 0 Å². The average molecular weight is 302 g/mol. The summed E-state index contributed by atoms with van der Waals surface area (Å²) in [6.45, 7) is 3.82. The molecular weight excluding hydrogens is 291 g/mol. The van der Waals surface area contributed by atoms with Gasteiger partial charge in [0, 0.05) is 10.0 Å². The summed E-state index contributed by atoms with van der Waals surface area (Å²) in [7, 11) is 0. The molecule has 2 rings (SSSR count). The van der Waals surface area contributed by atoms with Crippen LogP contribution >= 0.6 is 34.8 Å². The molecule has 0 bridgehead atoms. The van der Waals surface area contributed by atoms with Crippen LogP contribution < -0.4 is 4.74 Å². The zero-order chi connectivity index (χ0) is 13.3. The van der Waals surface area contributed by atoms with Crippen LogP contribution in [0.4, 0.5) is 0 Å². The van der Waals surface area contributed by atoms with E-state index in [2.05, 4.69) is 0 Å². The van der Waals surface area contributed by atoms with Crippen molar-refractivity contribution in [3.8, 4) is 11.5 Å². The number of rotatable bonds is 2. The molecule has 0 aliphatic carbocycles. The highest BCUT2D eigenvalue weighted by molar-refractivity contribution is 6.36. The van der Waals surface area contributed by atoms with Crippen molar-refractivity contribution in [2.24, 2.45) is 0 Å². The van der Waals surface area contributed by atoms with Gasteiger partial charge in [0.15, 0.2) is 0 Å². The zero-order valence-corrected chi connectivity index (χ0v) is 12.2. The van der Waals surface area contributed by atoms with E-state index >= 15 is 0 Å². The van der Waals surface area contributed by atoms with Gasteiger partial charge in [0.1, 0.15) is 11.5 Å². The van der Waals surface area contributed by atoms with Crippen LogP contribution in [-0.2, 0) is 0 Å². The molecule has 0 fully saturated rings. The fourth-order valence-corrected chi connectivity index (χ4v) is 2.06. The second-order valence-electron chi connectivity index (χ2n) is 4.04. The van der Waals surface area contributed by atoms with E-state index in [1.165, 1.54) is 0 Å². The number of hydrogen-bond donors (Lipinski definition) is 0. The van der Waals surface area contributed by atoms with Crippen LogP contribution in [0.3, 0.4) is 0 Å². The molecule has 0 amide bonds. The normalized spacial score (nSPS) is 10.5. The predicted octanol–water partition coefficient (Wildman–Crippen LogP) is 6.06. The molecule has 0 N–H and O–H groups in total. The standard InChI is InChI=1S/C14H11Cl3O/c1-8-5-10(3-4-11(8)15)18-14-6-9(2)12(16)7-13(14)17/h3-7H,1-2H3. The summed E-state index contributed by atoms with van der Waals surface area (Å²) in [4.78, 5) is 0. The van der Waals surface area contributed by atoms with Gasteiger partial charge in [-0.2, -0.15) is 0 Å². The third-order valence-electron chi connectivity index (χ3n) is 2.57. The van der Waals surface area contributed by atoms with Crippen LogP contribution in [0.2, 0.25) is 15.1 Å². The van der Waals surface area contributed by atoms with E-state index in [-0.39, 0.29) is 0 Å². The fourth-order valence-electron chi connectivity index (χ4n) is 1.52. The predicted molar refractivity (Wildman–Crippen MR) is 77.5 cm³/mol. The number of ether oxygens (including phenoxy) is 1. The summed E-state index contributed by atoms with van der Waals surface area (Å²) in [6.07, 6.45) is 0. The van der Waals surface area contributed by atoms with Gasteiger partial charge in [-0.3, -0.25) is 0 Å². The quantitative estimate of drug-likeness (QED) is 0.655. The van der Waals surface area contributed by atoms with Crippen molar-refractivity contribution in [3.05, 3.63) is 56.5 Å². The minimum Gasteiger partial charge on any atom is -0.456 e. The smallest absolute Gasteiger partial charge is 0.146 e. The molecular formula is C14H11Cl3O. The maximum absolute atomic E-state index is 6.09. The third-order valence-corrected chi connectivity index (χ3v) is 3.70. The Balaban J connectivity index is 2.34. The minimum absolute atomic E-state index is 0.484. The Morgan fingerprint density at radius 1 is 0.778 bits per heavy atom. The van der Waals surface area contributed by atoms with Crippen molar-refractivity contribution < 1.29 is 4.74 Å². The second-order valence-corrected chi connectivity index (χ2v) is 5.27. The molecule has 1 nitrogen and oxygen atoms in total. The molecule has 0 radical (unpaired) electrons. The molecule has 0 aliphatic rings. The Kier molecular flexibility index (Phi) is 4.06. The molecule has 0 heterocycles. The van der Waals surface area contributed by atoms with Gasteiger partial charge < -0.3 is 4.74 Å². The van der Waals surface area contributed by atoms with Gasteiger partial charge in [-0.25, -0.2) is 0 Å². The van der Waals surface area contributed by atoms with Crippen LogP contribution in [0.15, 0.2) is 30.3 Å². The van der Waals surface area contributed by atoms with E-state index in [4.69, 9.17) is 39.5 Å². The molecule has 0 saturated carbocycles. The van der Waals surface area contributed by atoms with Gasteiger partial charge in [0.25, 0.3) is 0 Å². The topological polar surface area (TPSA) is 9.23 Å². The van der Waals surface area contributed by atoms with Crippen molar-refractivity contribution >= 4 is 34.8 Å². The lowest BCUT2D eigenvalue weighted by molar-refractivity contribution is 0.482. The summed E-state index contributed by atoms with van der Waals surface area (Å²) in [5, 5.41) is 1.82. The highest BCUT2D eigenvalue weighted by atomic mass is 35.5. The largest absolute Gasteiger partial charge is 0.456 e. The van der Waals surface area contributed by atoms with Crippen LogP contribution in [0, 0.1) is 13.8 Å². The van der Waals surface area contributed by atoms with E-state index in [0.717, 1.165) is 11.1 Å². The minimum atomic E-state index is 0.484. The van der Waals surface area contributed by atoms with Gasteiger partial charge in [-0.1, -0.05) is 34.8 Å². The molecule has 18 heavy (non-hydrogen) atoms. The van der Waals surface area contributed by atoms with Crippen molar-refractivity contribution in [3.63, 3.8) is 0 Å². The average Bonchev–Trinajstić information content (AvgIpc) is 2.31. The Morgan fingerprint density at radius 2 is 1.44 bits per heavy atom. The van der Waals surface area contributed by atoms with Crippen molar-refractivity contribution in [2.75, 3.05) is 0 Å². The van der Waals surface area contributed by atoms with E-state index < -0.39 is 0 Å². The monoisotopic (exact) mass is 300 g/mol. The lowest BCUT2D eigenvalue weighted by atomic mass is 10.2. The number of halogens is 3. The highest BCUT2D eigenvalue weighted by Crippen LogP contribution is 2.34. The Hall–Kier alpha value is -0.890. The number of hydrogen-bond acceptors (Lipinski definition) is 1. The van der Waals surface area contributed by atoms with E-state index in [0.29, 0.717) is 26.6 Å². The lowest BCUT2D eigenvalue weighted by Gasteiger charge is -2.10. The highest BCUT2D eigenvalue weighted by Gasteiger charge is 2.07. The Labute approximate surface area is 121 Å². The van der Waals surface area contributed by atoms with Gasteiger partial charge in [0.05, 0.1) is 5.02 Å². The van der Waals surface area contributed by atoms with Gasteiger partial charge in [0.2, 0.25) is 0 Å². The SMILES string of the molecule is Cc1cc(Oc2cc(C)c(Cl)cc2Cl)ccc1Cl. The molecule has 4 heteroatoms. The Bertz CT molecular complexity index is 594. The second kappa shape index (κ2) is 5.40. The lowest BCUT2D eigenvalue weighted by Crippen LogP contribution is -1.88. The summed E-state index contributed by atoms with van der Waals surface area (Å²) in [6, 6.07) is 8.95. The Morgan fingerprint density at radius 3 is 2.11 bits per heavy atom. The van der Waals surface area contributed by atoms with E-state index in [1.807, 2.05) is 26.0 Å². The van der Waals surface area contributed by atoms with Crippen molar-refractivity contribution in [1.29, 1.82) is 0 Å². The van der Waals surface area contributed by atoms with E-state index in [1.54, 1.807) is 18.2 Å². The molecule has 0 unspecified atom stereocenters. The summed E-state index contributed by atoms with van der Waals surface area (Å²) < 4.78 is 5.73. The molecule has 0 aliphatic heterocycles. The molecule has 0 spiro atoms. The zero-order valence-electron chi connectivity index (χ0n) is 9.93. The van der Waals surface area contributed by atoms with Crippen LogP contribution in [0.5, 0.6) is 11.5 Å². The van der Waals surface area contributed by atoms with Crippen LogP contribution in [0.1, 0.15) is 11.1 Å². The molecule has 2 aromatic rings. The first-order valence-corrected chi connectivity index (χ1v) is 6.50. The summed E-state index contributed by atoms with van der Waals surface area (Å²) >= 11 is 18.0. The molecule has 0 aromatic heterocycles. The van der Waals surface area contributed by atoms with Gasteiger partial charge >= 0.3 is 0 Å². The molecule has 0 saturated heterocycles. The van der Waals surface area contributed by atoms with Crippen molar-refractivity contribution in [2.45, 2.75) is 13.8 Å². The first-order chi connectivity index (χ1) is 8.47. The van der Waals surface area contributed by atoms with Crippen LogP contribution in [-0.4, -0.2) is 0 Å². The maximum atomic E-state index is 6.09. The molecule has 2 aromatic carbocycles. The van der Waals surface area contributed by atoms with Crippen LogP contribution in [0.25, 0.3) is 0 Å². The molecule has 94 valence electrons.